The average molecular weight is 486 g/mol. The fourth-order valence-electron chi connectivity index (χ4n) is 2.39. The van der Waals surface area contributed by atoms with Gasteiger partial charge >= 0.3 is 0 Å². The van der Waals surface area contributed by atoms with Crippen LogP contribution in [0.25, 0.3) is 0 Å². The maximum absolute atomic E-state index is 12.4. The van der Waals surface area contributed by atoms with E-state index in [1.54, 1.807) is 28.9 Å². The Morgan fingerprint density at radius 3 is 2.52 bits per heavy atom. The van der Waals surface area contributed by atoms with Crippen LogP contribution in [0.15, 0.2) is 48.5 Å². The zero-order chi connectivity index (χ0) is 18.0. The lowest BCUT2D eigenvalue weighted by Gasteiger charge is -2.08. The number of amides is 1. The number of rotatable bonds is 4. The molecule has 7 heteroatoms. The van der Waals surface area contributed by atoms with Crippen molar-refractivity contribution in [2.24, 2.45) is 0 Å². The molecule has 0 saturated carbocycles. The molecule has 0 unspecified atom stereocenters. The second-order valence-electron chi connectivity index (χ2n) is 5.46. The maximum Gasteiger partial charge on any atom is 0.257 e. The van der Waals surface area contributed by atoms with E-state index in [4.69, 9.17) is 23.2 Å². The summed E-state index contributed by atoms with van der Waals surface area (Å²) in [5.74, 6) is 0.302. The van der Waals surface area contributed by atoms with Crippen LogP contribution in [0.1, 0.15) is 21.6 Å². The first kappa shape index (κ1) is 18.2. The van der Waals surface area contributed by atoms with Gasteiger partial charge < -0.3 is 5.32 Å². The van der Waals surface area contributed by atoms with Crippen LogP contribution in [0.5, 0.6) is 0 Å². The van der Waals surface area contributed by atoms with Crippen molar-refractivity contribution >= 4 is 57.5 Å². The third-order valence-corrected chi connectivity index (χ3v) is 5.36. The molecule has 0 bridgehead atoms. The summed E-state index contributed by atoms with van der Waals surface area (Å²) in [5, 5.41) is 8.46. The van der Waals surface area contributed by atoms with E-state index < -0.39 is 0 Å². The molecule has 0 aliphatic heterocycles. The van der Waals surface area contributed by atoms with E-state index in [9.17, 15) is 4.79 Å². The van der Waals surface area contributed by atoms with Gasteiger partial charge in [-0.3, -0.25) is 9.48 Å². The third-order valence-electron chi connectivity index (χ3n) is 3.71. The predicted molar refractivity (Wildman–Crippen MR) is 110 cm³/mol. The number of nitrogens with zero attached hydrogens (tertiary/aromatic N) is 2. The number of aromatic nitrogens is 2. The highest BCUT2D eigenvalue weighted by Crippen LogP contribution is 2.26. The fraction of sp³-hybridized carbons (Fsp3) is 0.111. The number of aryl methyl sites for hydroxylation is 1. The van der Waals surface area contributed by atoms with Crippen LogP contribution in [0, 0.1) is 10.5 Å². The van der Waals surface area contributed by atoms with Crippen molar-refractivity contribution in [2.75, 3.05) is 5.32 Å². The third kappa shape index (κ3) is 4.16. The number of carbonyl (C=O) groups excluding carboxylic acids is 1. The molecule has 2 aromatic carbocycles. The van der Waals surface area contributed by atoms with Crippen LogP contribution in [-0.4, -0.2) is 15.7 Å². The smallest absolute Gasteiger partial charge is 0.257 e. The Morgan fingerprint density at radius 2 is 1.84 bits per heavy atom. The summed E-state index contributed by atoms with van der Waals surface area (Å²) in [5.41, 5.74) is 2.31. The summed E-state index contributed by atoms with van der Waals surface area (Å²) in [6.45, 7) is 2.35. The summed E-state index contributed by atoms with van der Waals surface area (Å²) in [6.07, 6.45) is 0. The Morgan fingerprint density at radius 1 is 1.16 bits per heavy atom. The van der Waals surface area contributed by atoms with Gasteiger partial charge in [0.15, 0.2) is 5.82 Å². The first-order chi connectivity index (χ1) is 12.0. The number of nitrogens with one attached hydrogen (secondary N) is 1. The van der Waals surface area contributed by atoms with Crippen LogP contribution < -0.4 is 5.32 Å². The van der Waals surface area contributed by atoms with Crippen molar-refractivity contribution in [3.63, 3.8) is 0 Å². The minimum atomic E-state index is -0.189. The summed E-state index contributed by atoms with van der Waals surface area (Å²) in [7, 11) is 0. The normalized spacial score (nSPS) is 10.7. The zero-order valence-corrected chi connectivity index (χ0v) is 16.9. The van der Waals surface area contributed by atoms with Gasteiger partial charge in [0.05, 0.1) is 12.1 Å². The number of halogens is 3. The molecule has 1 N–H and O–H groups in total. The van der Waals surface area contributed by atoms with Gasteiger partial charge in [0.2, 0.25) is 0 Å². The highest BCUT2D eigenvalue weighted by atomic mass is 127. The van der Waals surface area contributed by atoms with Crippen molar-refractivity contribution in [1.82, 2.24) is 9.78 Å². The molecule has 1 heterocycles. The van der Waals surface area contributed by atoms with Crippen molar-refractivity contribution in [3.05, 3.63) is 79.0 Å². The zero-order valence-electron chi connectivity index (χ0n) is 13.3. The van der Waals surface area contributed by atoms with Crippen LogP contribution in [0.4, 0.5) is 5.82 Å². The second kappa shape index (κ2) is 7.76. The van der Waals surface area contributed by atoms with Gasteiger partial charge in [0.25, 0.3) is 5.91 Å². The Balaban J connectivity index is 1.81. The second-order valence-corrected chi connectivity index (χ2v) is 7.44. The molecule has 0 saturated heterocycles. The van der Waals surface area contributed by atoms with Gasteiger partial charge in [-0.25, -0.2) is 0 Å². The molecule has 1 amide bonds. The van der Waals surface area contributed by atoms with Crippen molar-refractivity contribution in [3.8, 4) is 0 Å². The van der Waals surface area contributed by atoms with Crippen LogP contribution in [0.2, 0.25) is 10.0 Å². The highest BCUT2D eigenvalue weighted by Gasteiger charge is 2.14. The van der Waals surface area contributed by atoms with E-state index >= 15 is 0 Å². The molecule has 3 rings (SSSR count). The summed E-state index contributed by atoms with van der Waals surface area (Å²) in [4.78, 5) is 12.4. The fourth-order valence-corrected chi connectivity index (χ4v) is 3.54. The van der Waals surface area contributed by atoms with Crippen LogP contribution >= 0.6 is 45.8 Å². The standard InChI is InChI=1S/C18H14Cl2IN3O/c1-11-9-17(22-18(25)12-5-2-3-8-16(12)21)23-24(11)10-13-14(19)6-4-7-15(13)20/h2-9H,10H2,1H3,(H,22,23,25). The van der Waals surface area contributed by atoms with Gasteiger partial charge in [0, 0.05) is 30.9 Å². The van der Waals surface area contributed by atoms with E-state index in [-0.39, 0.29) is 5.91 Å². The minimum Gasteiger partial charge on any atom is -0.305 e. The summed E-state index contributed by atoms with van der Waals surface area (Å²) >= 11 is 14.6. The number of carbonyl (C=O) groups is 1. The highest BCUT2D eigenvalue weighted by molar-refractivity contribution is 14.1. The average Bonchev–Trinajstić information content (AvgIpc) is 2.90. The Labute approximate surface area is 169 Å². The Bertz CT molecular complexity index is 920. The van der Waals surface area contributed by atoms with E-state index in [1.165, 1.54) is 0 Å². The van der Waals surface area contributed by atoms with Crippen LogP contribution in [0.3, 0.4) is 0 Å². The lowest BCUT2D eigenvalue weighted by molar-refractivity contribution is 0.102. The largest absolute Gasteiger partial charge is 0.305 e. The monoisotopic (exact) mass is 485 g/mol. The number of hydrogen-bond acceptors (Lipinski definition) is 2. The molecule has 0 aliphatic carbocycles. The molecule has 128 valence electrons. The van der Waals surface area contributed by atoms with Crippen molar-refractivity contribution < 1.29 is 4.79 Å². The molecule has 0 spiro atoms. The van der Waals surface area contributed by atoms with Gasteiger partial charge in [-0.2, -0.15) is 5.10 Å². The van der Waals surface area contributed by atoms with Crippen LogP contribution in [-0.2, 0) is 6.54 Å². The first-order valence-electron chi connectivity index (χ1n) is 7.49. The van der Waals surface area contributed by atoms with Gasteiger partial charge in [-0.05, 0) is 53.8 Å². The van der Waals surface area contributed by atoms with Gasteiger partial charge in [-0.15, -0.1) is 0 Å². The van der Waals surface area contributed by atoms with E-state index in [1.807, 2.05) is 31.2 Å². The lowest BCUT2D eigenvalue weighted by Crippen LogP contribution is -2.14. The van der Waals surface area contributed by atoms with E-state index in [0.717, 1.165) is 14.8 Å². The summed E-state index contributed by atoms with van der Waals surface area (Å²) in [6, 6.07) is 14.6. The minimum absolute atomic E-state index is 0.189. The first-order valence-corrected chi connectivity index (χ1v) is 9.32. The molecule has 0 aliphatic rings. The number of benzene rings is 2. The molecular weight excluding hydrogens is 472 g/mol. The molecule has 25 heavy (non-hydrogen) atoms. The van der Waals surface area contributed by atoms with E-state index in [2.05, 4.69) is 33.0 Å². The quantitative estimate of drug-likeness (QED) is 0.502. The number of hydrogen-bond donors (Lipinski definition) is 1. The lowest BCUT2D eigenvalue weighted by atomic mass is 10.2. The SMILES string of the molecule is Cc1cc(NC(=O)c2ccccc2I)nn1Cc1c(Cl)cccc1Cl. The number of anilines is 1. The molecule has 0 atom stereocenters. The van der Waals surface area contributed by atoms with Crippen molar-refractivity contribution in [1.29, 1.82) is 0 Å². The maximum atomic E-state index is 12.4. The van der Waals surface area contributed by atoms with Crippen molar-refractivity contribution in [2.45, 2.75) is 13.5 Å². The molecule has 0 fully saturated rings. The molecule has 0 radical (unpaired) electrons. The Hall–Kier alpha value is -1.57. The summed E-state index contributed by atoms with van der Waals surface area (Å²) < 4.78 is 2.65. The molecule has 3 aromatic rings. The molecular formula is C18H14Cl2IN3O. The molecule has 1 aromatic heterocycles. The van der Waals surface area contributed by atoms with Gasteiger partial charge in [0.1, 0.15) is 0 Å². The van der Waals surface area contributed by atoms with E-state index in [0.29, 0.717) is 28.0 Å². The Kier molecular flexibility index (Phi) is 5.66. The topological polar surface area (TPSA) is 46.9 Å². The van der Waals surface area contributed by atoms with Gasteiger partial charge in [-0.1, -0.05) is 41.4 Å². The predicted octanol–water partition coefficient (Wildman–Crippen LogP) is 5.40. The molecule has 4 nitrogen and oxygen atoms in total.